The zero-order valence-electron chi connectivity index (χ0n) is 10.7. The first kappa shape index (κ1) is 14.2. The quantitative estimate of drug-likeness (QED) is 0.481. The van der Waals surface area contributed by atoms with Crippen molar-refractivity contribution in [1.82, 2.24) is 10.7 Å². The van der Waals surface area contributed by atoms with Crippen molar-refractivity contribution in [1.29, 1.82) is 0 Å². The van der Waals surface area contributed by atoms with Crippen molar-refractivity contribution in [2.75, 3.05) is 20.8 Å². The van der Waals surface area contributed by atoms with Gasteiger partial charge < -0.3 is 14.8 Å². The van der Waals surface area contributed by atoms with Crippen molar-refractivity contribution in [3.8, 4) is 11.5 Å². The molecule has 0 amide bonds. The van der Waals surface area contributed by atoms with Crippen molar-refractivity contribution >= 4 is 23.5 Å². The van der Waals surface area contributed by atoms with Gasteiger partial charge >= 0.3 is 0 Å². The Bertz CT molecular complexity index is 435. The summed E-state index contributed by atoms with van der Waals surface area (Å²) < 4.78 is 10.7. The first-order valence-electron chi connectivity index (χ1n) is 5.52. The number of hydrogen-bond donors (Lipinski definition) is 2. The van der Waals surface area contributed by atoms with E-state index >= 15 is 0 Å². The van der Waals surface area contributed by atoms with E-state index in [1.54, 1.807) is 20.4 Å². The molecule has 0 spiro atoms. The number of nitrogens with one attached hydrogen (secondary N) is 2. The van der Waals surface area contributed by atoms with Gasteiger partial charge in [0.15, 0.2) is 16.6 Å². The number of rotatable bonds is 5. The van der Waals surface area contributed by atoms with Crippen LogP contribution in [0.25, 0.3) is 0 Å². The lowest BCUT2D eigenvalue weighted by atomic mass is 10.2. The Morgan fingerprint density at radius 3 is 2.83 bits per heavy atom. The molecule has 0 saturated heterocycles. The number of hydrogen-bond acceptors (Lipinski definition) is 4. The minimum atomic E-state index is 0.462. The molecular weight excluding hydrogens is 250 g/mol. The molecule has 0 aromatic heterocycles. The van der Waals surface area contributed by atoms with Crippen LogP contribution in [-0.4, -0.2) is 32.1 Å². The topological polar surface area (TPSA) is 54.9 Å². The Morgan fingerprint density at radius 1 is 1.44 bits per heavy atom. The van der Waals surface area contributed by atoms with E-state index in [4.69, 9.17) is 21.7 Å². The Morgan fingerprint density at radius 2 is 2.22 bits per heavy atom. The van der Waals surface area contributed by atoms with E-state index in [1.165, 1.54) is 0 Å². The lowest BCUT2D eigenvalue weighted by molar-refractivity contribution is 0.311. The molecular formula is C12H17N3O2S. The minimum Gasteiger partial charge on any atom is -0.493 e. The van der Waals surface area contributed by atoms with Gasteiger partial charge in [0, 0.05) is 7.05 Å². The first-order valence-corrected chi connectivity index (χ1v) is 5.93. The minimum absolute atomic E-state index is 0.462. The van der Waals surface area contributed by atoms with Gasteiger partial charge in [0.25, 0.3) is 0 Å². The monoisotopic (exact) mass is 267 g/mol. The average Bonchev–Trinajstić information content (AvgIpc) is 2.40. The van der Waals surface area contributed by atoms with Crippen LogP contribution in [0, 0.1) is 0 Å². The van der Waals surface area contributed by atoms with E-state index in [9.17, 15) is 0 Å². The van der Waals surface area contributed by atoms with Crippen molar-refractivity contribution in [3.05, 3.63) is 23.8 Å². The van der Waals surface area contributed by atoms with E-state index in [1.807, 2.05) is 25.1 Å². The molecule has 0 unspecified atom stereocenters. The number of benzene rings is 1. The molecule has 5 nitrogen and oxygen atoms in total. The maximum absolute atomic E-state index is 5.43. The second kappa shape index (κ2) is 7.50. The molecule has 0 aliphatic heterocycles. The molecule has 98 valence electrons. The summed E-state index contributed by atoms with van der Waals surface area (Å²) in [5.41, 5.74) is 3.57. The van der Waals surface area contributed by atoms with Gasteiger partial charge in [-0.25, -0.2) is 0 Å². The maximum atomic E-state index is 5.43. The Balaban J connectivity index is 2.75. The zero-order chi connectivity index (χ0) is 13.4. The lowest BCUT2D eigenvalue weighted by Gasteiger charge is -2.09. The Labute approximate surface area is 112 Å². The summed E-state index contributed by atoms with van der Waals surface area (Å²) in [5, 5.41) is 7.21. The number of hydrazone groups is 1. The number of thiocarbonyl (C=S) groups is 1. The lowest BCUT2D eigenvalue weighted by Crippen LogP contribution is -2.28. The van der Waals surface area contributed by atoms with E-state index in [2.05, 4.69) is 15.8 Å². The second-order valence-electron chi connectivity index (χ2n) is 3.29. The Kier molecular flexibility index (Phi) is 5.93. The Hall–Kier alpha value is -1.82. The van der Waals surface area contributed by atoms with Gasteiger partial charge in [-0.05, 0) is 42.9 Å². The smallest absolute Gasteiger partial charge is 0.186 e. The van der Waals surface area contributed by atoms with Crippen LogP contribution in [0.1, 0.15) is 12.5 Å². The molecule has 0 heterocycles. The van der Waals surface area contributed by atoms with E-state index in [-0.39, 0.29) is 0 Å². The van der Waals surface area contributed by atoms with Gasteiger partial charge in [0.05, 0.1) is 19.9 Å². The molecule has 1 aromatic rings. The van der Waals surface area contributed by atoms with Crippen LogP contribution >= 0.6 is 12.2 Å². The van der Waals surface area contributed by atoms with Crippen LogP contribution in [-0.2, 0) is 0 Å². The van der Waals surface area contributed by atoms with Crippen molar-refractivity contribution in [2.45, 2.75) is 6.92 Å². The third kappa shape index (κ3) is 4.21. The zero-order valence-corrected chi connectivity index (χ0v) is 11.5. The molecule has 2 N–H and O–H groups in total. The molecule has 1 rings (SSSR count). The molecule has 0 atom stereocenters. The molecule has 0 aliphatic rings. The molecule has 0 radical (unpaired) electrons. The van der Waals surface area contributed by atoms with Crippen LogP contribution in [0.3, 0.4) is 0 Å². The summed E-state index contributed by atoms with van der Waals surface area (Å²) in [4.78, 5) is 0. The van der Waals surface area contributed by atoms with Gasteiger partial charge in [-0.2, -0.15) is 5.10 Å². The average molecular weight is 267 g/mol. The highest BCUT2D eigenvalue weighted by molar-refractivity contribution is 7.80. The van der Waals surface area contributed by atoms with Crippen LogP contribution in [0.2, 0.25) is 0 Å². The van der Waals surface area contributed by atoms with Crippen LogP contribution in [0.15, 0.2) is 23.3 Å². The standard InChI is InChI=1S/C12H17N3O2S/c1-4-17-10-6-5-9(7-11(10)16-3)8-14-15-12(18)13-2/h5-8H,4H2,1-3H3,(H2,13,15,18)/b14-8-. The van der Waals surface area contributed by atoms with Gasteiger partial charge in [-0.15, -0.1) is 0 Å². The fourth-order valence-corrected chi connectivity index (χ4v) is 1.31. The third-order valence-electron chi connectivity index (χ3n) is 2.09. The van der Waals surface area contributed by atoms with Gasteiger partial charge in [0.2, 0.25) is 0 Å². The van der Waals surface area contributed by atoms with Crippen LogP contribution < -0.4 is 20.2 Å². The molecule has 0 saturated carbocycles. The molecule has 18 heavy (non-hydrogen) atoms. The van der Waals surface area contributed by atoms with E-state index in [0.29, 0.717) is 17.5 Å². The third-order valence-corrected chi connectivity index (χ3v) is 2.39. The normalized spacial score (nSPS) is 10.2. The fourth-order valence-electron chi connectivity index (χ4n) is 1.26. The fraction of sp³-hybridized carbons (Fsp3) is 0.333. The highest BCUT2D eigenvalue weighted by atomic mass is 32.1. The van der Waals surface area contributed by atoms with Gasteiger partial charge in [0.1, 0.15) is 0 Å². The van der Waals surface area contributed by atoms with E-state index < -0.39 is 0 Å². The summed E-state index contributed by atoms with van der Waals surface area (Å²) in [6.45, 7) is 2.53. The number of methoxy groups -OCH3 is 1. The summed E-state index contributed by atoms with van der Waals surface area (Å²) in [5.74, 6) is 1.40. The van der Waals surface area contributed by atoms with Crippen LogP contribution in [0.5, 0.6) is 11.5 Å². The van der Waals surface area contributed by atoms with Gasteiger partial charge in [-0.3, -0.25) is 5.43 Å². The predicted octanol–water partition coefficient (Wildman–Crippen LogP) is 1.52. The molecule has 0 bridgehead atoms. The van der Waals surface area contributed by atoms with E-state index in [0.717, 1.165) is 11.3 Å². The summed E-state index contributed by atoms with van der Waals surface area (Å²) in [7, 11) is 3.33. The van der Waals surface area contributed by atoms with Crippen molar-refractivity contribution in [3.63, 3.8) is 0 Å². The summed E-state index contributed by atoms with van der Waals surface area (Å²) >= 11 is 4.89. The largest absolute Gasteiger partial charge is 0.493 e. The number of nitrogens with zero attached hydrogens (tertiary/aromatic N) is 1. The SMILES string of the molecule is CCOc1ccc(/C=N\NC(=S)NC)cc1OC. The second-order valence-corrected chi connectivity index (χ2v) is 3.70. The van der Waals surface area contributed by atoms with Crippen molar-refractivity contribution in [2.24, 2.45) is 5.10 Å². The predicted molar refractivity (Wildman–Crippen MR) is 76.6 cm³/mol. The highest BCUT2D eigenvalue weighted by Gasteiger charge is 2.03. The maximum Gasteiger partial charge on any atom is 0.186 e. The highest BCUT2D eigenvalue weighted by Crippen LogP contribution is 2.27. The van der Waals surface area contributed by atoms with Crippen LogP contribution in [0.4, 0.5) is 0 Å². The molecule has 0 fully saturated rings. The summed E-state index contributed by atoms with van der Waals surface area (Å²) in [6.07, 6.45) is 1.65. The van der Waals surface area contributed by atoms with Crippen molar-refractivity contribution < 1.29 is 9.47 Å². The molecule has 6 heteroatoms. The first-order chi connectivity index (χ1) is 8.71. The number of ether oxygens (including phenoxy) is 2. The summed E-state index contributed by atoms with van der Waals surface area (Å²) in [6, 6.07) is 5.58. The molecule has 0 aliphatic carbocycles. The van der Waals surface area contributed by atoms with Gasteiger partial charge in [-0.1, -0.05) is 0 Å². The molecule has 1 aromatic carbocycles.